The molecule has 0 spiro atoms. The number of fused-ring (bicyclic) bond motifs is 1. The molecule has 0 aliphatic heterocycles. The normalized spacial score (nSPS) is 20.8. The number of carboxylic acid groups (broad SMARTS) is 1. The summed E-state index contributed by atoms with van der Waals surface area (Å²) in [6, 6.07) is 7.70. The first-order chi connectivity index (χ1) is 13.0. The lowest BCUT2D eigenvalue weighted by atomic mass is 9.87. The fourth-order valence-electron chi connectivity index (χ4n) is 2.93. The minimum Gasteiger partial charge on any atom is -0.478 e. The minimum atomic E-state index is -2.14. The van der Waals surface area contributed by atoms with Crippen molar-refractivity contribution in [2.45, 2.75) is 90.0 Å². The van der Waals surface area contributed by atoms with E-state index in [1.807, 2.05) is 24.3 Å². The number of hydrogen-bond acceptors (Lipinski definition) is 3. The van der Waals surface area contributed by atoms with Gasteiger partial charge >= 0.3 is 5.97 Å². The number of rotatable bonds is 5. The van der Waals surface area contributed by atoms with Gasteiger partial charge in [-0.1, -0.05) is 65.8 Å². The second kappa shape index (κ2) is 7.80. The minimum absolute atomic E-state index is 0.0166. The van der Waals surface area contributed by atoms with Crippen LogP contribution in [0.5, 0.6) is 0 Å². The number of carbonyl (C=O) groups is 1. The van der Waals surface area contributed by atoms with Gasteiger partial charge in [-0.25, -0.2) is 4.79 Å². The quantitative estimate of drug-likeness (QED) is 0.529. The van der Waals surface area contributed by atoms with Gasteiger partial charge in [0.05, 0.1) is 17.8 Å². The highest BCUT2D eigenvalue weighted by Crippen LogP contribution is 2.46. The Morgan fingerprint density at radius 2 is 1.38 bits per heavy atom. The molecule has 2 atom stereocenters. The van der Waals surface area contributed by atoms with Gasteiger partial charge in [-0.2, -0.15) is 0 Å². The van der Waals surface area contributed by atoms with Crippen molar-refractivity contribution in [2.75, 3.05) is 0 Å². The van der Waals surface area contributed by atoms with Crippen LogP contribution >= 0.6 is 0 Å². The summed E-state index contributed by atoms with van der Waals surface area (Å²) in [5, 5.41) is 9.92. The molecule has 1 N–H and O–H groups in total. The zero-order valence-electron chi connectivity index (χ0n) is 19.7. The number of hydrogen-bond donors (Lipinski definition) is 1. The topological polar surface area (TPSA) is 55.8 Å². The van der Waals surface area contributed by atoms with E-state index in [1.54, 1.807) is 6.08 Å². The zero-order chi connectivity index (χ0) is 22.4. The summed E-state index contributed by atoms with van der Waals surface area (Å²) in [4.78, 5) is 12.0. The van der Waals surface area contributed by atoms with Gasteiger partial charge in [-0.3, -0.25) is 0 Å². The van der Waals surface area contributed by atoms with Crippen molar-refractivity contribution in [2.24, 2.45) is 0 Å². The lowest BCUT2D eigenvalue weighted by Crippen LogP contribution is -2.49. The van der Waals surface area contributed by atoms with Crippen LogP contribution in [0.3, 0.4) is 0 Å². The van der Waals surface area contributed by atoms with Crippen LogP contribution in [-0.2, 0) is 13.6 Å². The number of aliphatic carboxylic acids is 1. The highest BCUT2D eigenvalue weighted by molar-refractivity contribution is 6.74. The Balaban J connectivity index is 2.60. The van der Waals surface area contributed by atoms with Gasteiger partial charge in [0.15, 0.2) is 16.6 Å². The van der Waals surface area contributed by atoms with E-state index in [2.05, 4.69) is 67.7 Å². The largest absolute Gasteiger partial charge is 0.478 e. The van der Waals surface area contributed by atoms with Gasteiger partial charge in [-0.05, 0) is 53.5 Å². The standard InChI is InChI=1S/C23H38O4Si2/c1-22(2,3)28(7,8)26-19-15-18(21(24)25)16-13-11-12-14-17(16)20(19)27-29(9,10)23(4,5)6/h11-15,19-20H,1-10H3,(H,24,25)/t19-,20-/m1/s1. The molecule has 1 aliphatic rings. The Morgan fingerprint density at radius 1 is 0.897 bits per heavy atom. The Labute approximate surface area is 178 Å². The molecule has 0 radical (unpaired) electrons. The molecule has 0 unspecified atom stereocenters. The summed E-state index contributed by atoms with van der Waals surface area (Å²) in [6.45, 7) is 22.1. The summed E-state index contributed by atoms with van der Waals surface area (Å²) in [7, 11) is -4.26. The molecule has 0 bridgehead atoms. The third-order valence-electron chi connectivity index (χ3n) is 6.88. The lowest BCUT2D eigenvalue weighted by Gasteiger charge is -2.46. The fourth-order valence-corrected chi connectivity index (χ4v) is 5.41. The third-order valence-corrected chi connectivity index (χ3v) is 15.8. The first kappa shape index (κ1) is 24.1. The first-order valence-electron chi connectivity index (χ1n) is 10.4. The summed E-state index contributed by atoms with van der Waals surface area (Å²) in [5.41, 5.74) is 1.96. The Morgan fingerprint density at radius 3 is 1.86 bits per heavy atom. The van der Waals surface area contributed by atoms with Crippen LogP contribution in [0, 0.1) is 0 Å². The summed E-state index contributed by atoms with van der Waals surface area (Å²) < 4.78 is 13.6. The van der Waals surface area contributed by atoms with Gasteiger partial charge in [0.25, 0.3) is 0 Å². The Bertz CT molecular complexity index is 798. The monoisotopic (exact) mass is 434 g/mol. The van der Waals surface area contributed by atoms with Gasteiger partial charge in [-0.15, -0.1) is 0 Å². The van der Waals surface area contributed by atoms with E-state index in [-0.39, 0.29) is 16.2 Å². The predicted octanol–water partition coefficient (Wildman–Crippen LogP) is 6.62. The SMILES string of the molecule is CC(C)(C)[Si](C)(C)O[C@@H]1c2ccccc2C(C(=O)O)=C[C@H]1O[Si](C)(C)C(C)(C)C. The molecule has 0 saturated carbocycles. The van der Waals surface area contributed by atoms with Crippen LogP contribution in [0.2, 0.25) is 36.3 Å². The van der Waals surface area contributed by atoms with Crippen molar-refractivity contribution in [3.8, 4) is 0 Å². The Hall–Kier alpha value is -1.22. The van der Waals surface area contributed by atoms with Crippen molar-refractivity contribution in [1.82, 2.24) is 0 Å². The van der Waals surface area contributed by atoms with Crippen LogP contribution in [0.25, 0.3) is 5.57 Å². The van der Waals surface area contributed by atoms with Gasteiger partial charge < -0.3 is 14.0 Å². The average molecular weight is 435 g/mol. The molecule has 0 amide bonds. The summed E-state index contributed by atoms with van der Waals surface area (Å²) in [6.07, 6.45) is 1.07. The Kier molecular flexibility index (Phi) is 6.47. The highest BCUT2D eigenvalue weighted by atomic mass is 28.4. The summed E-state index contributed by atoms with van der Waals surface area (Å²) >= 11 is 0. The van der Waals surface area contributed by atoms with Gasteiger partial charge in [0.2, 0.25) is 0 Å². The van der Waals surface area contributed by atoms with E-state index >= 15 is 0 Å². The molecule has 0 aromatic heterocycles. The predicted molar refractivity (Wildman–Crippen MR) is 125 cm³/mol. The van der Waals surface area contributed by atoms with Crippen LogP contribution in [0.4, 0.5) is 0 Å². The molecule has 0 saturated heterocycles. The smallest absolute Gasteiger partial charge is 0.336 e. The zero-order valence-corrected chi connectivity index (χ0v) is 21.7. The number of benzene rings is 1. The van der Waals surface area contributed by atoms with Crippen LogP contribution < -0.4 is 0 Å². The van der Waals surface area contributed by atoms with E-state index in [9.17, 15) is 9.90 Å². The van der Waals surface area contributed by atoms with E-state index in [0.29, 0.717) is 5.57 Å². The lowest BCUT2D eigenvalue weighted by molar-refractivity contribution is -0.130. The van der Waals surface area contributed by atoms with Crippen LogP contribution in [0.1, 0.15) is 58.8 Å². The summed E-state index contributed by atoms with van der Waals surface area (Å²) in [5.74, 6) is -0.924. The molecule has 1 aromatic rings. The van der Waals surface area contributed by atoms with Crippen molar-refractivity contribution in [1.29, 1.82) is 0 Å². The molecule has 2 rings (SSSR count). The molecule has 0 heterocycles. The molecule has 6 heteroatoms. The van der Waals surface area contributed by atoms with Crippen molar-refractivity contribution in [3.05, 3.63) is 41.5 Å². The molecule has 0 fully saturated rings. The van der Waals surface area contributed by atoms with Crippen LogP contribution in [-0.4, -0.2) is 33.8 Å². The van der Waals surface area contributed by atoms with E-state index in [4.69, 9.17) is 8.85 Å². The molecular formula is C23H38O4Si2. The van der Waals surface area contributed by atoms with Crippen LogP contribution in [0.15, 0.2) is 30.3 Å². The van der Waals surface area contributed by atoms with E-state index in [0.717, 1.165) is 11.1 Å². The average Bonchev–Trinajstić information content (AvgIpc) is 2.54. The molecular weight excluding hydrogens is 396 g/mol. The highest BCUT2D eigenvalue weighted by Gasteiger charge is 2.46. The molecule has 4 nitrogen and oxygen atoms in total. The van der Waals surface area contributed by atoms with Crippen molar-refractivity contribution in [3.63, 3.8) is 0 Å². The van der Waals surface area contributed by atoms with Crippen molar-refractivity contribution < 1.29 is 18.8 Å². The molecule has 29 heavy (non-hydrogen) atoms. The maximum atomic E-state index is 12.0. The first-order valence-corrected chi connectivity index (χ1v) is 16.2. The fraction of sp³-hybridized carbons (Fsp3) is 0.609. The van der Waals surface area contributed by atoms with Gasteiger partial charge in [0, 0.05) is 0 Å². The molecule has 1 aromatic carbocycles. The second-order valence-corrected chi connectivity index (χ2v) is 20.6. The maximum Gasteiger partial charge on any atom is 0.336 e. The molecule has 1 aliphatic carbocycles. The molecule has 162 valence electrons. The second-order valence-electron chi connectivity index (χ2n) is 11.1. The van der Waals surface area contributed by atoms with Crippen molar-refractivity contribution >= 4 is 28.2 Å². The number of carboxylic acids is 1. The third kappa shape index (κ3) is 4.93. The van der Waals surface area contributed by atoms with E-state index < -0.39 is 28.7 Å². The maximum absolute atomic E-state index is 12.0. The van der Waals surface area contributed by atoms with Gasteiger partial charge in [0.1, 0.15) is 0 Å². The van der Waals surface area contributed by atoms with E-state index in [1.165, 1.54) is 0 Å².